The van der Waals surface area contributed by atoms with Crippen molar-refractivity contribution in [3.8, 4) is 0 Å². The number of aromatic nitrogens is 1. The van der Waals surface area contributed by atoms with Gasteiger partial charge in [-0.1, -0.05) is 13.3 Å². The second-order valence-electron chi connectivity index (χ2n) is 5.44. The first kappa shape index (κ1) is 16.1. The van der Waals surface area contributed by atoms with Gasteiger partial charge >= 0.3 is 0 Å². The highest BCUT2D eigenvalue weighted by Crippen LogP contribution is 2.05. The molecule has 0 fully saturated rings. The van der Waals surface area contributed by atoms with Gasteiger partial charge in [-0.2, -0.15) is 0 Å². The maximum absolute atomic E-state index is 4.05. The molecular weight excluding hydrogens is 234 g/mol. The van der Waals surface area contributed by atoms with Gasteiger partial charge in [0.05, 0.1) is 0 Å². The van der Waals surface area contributed by atoms with Crippen molar-refractivity contribution < 1.29 is 0 Å². The lowest BCUT2D eigenvalue weighted by atomic mass is 10.1. The summed E-state index contributed by atoms with van der Waals surface area (Å²) in [5, 5.41) is 3.54. The Hall–Kier alpha value is -0.930. The first-order valence-electron chi connectivity index (χ1n) is 7.53. The van der Waals surface area contributed by atoms with Crippen molar-refractivity contribution >= 4 is 0 Å². The summed E-state index contributed by atoms with van der Waals surface area (Å²) in [5.74, 6) is 0. The Morgan fingerprint density at radius 2 is 2.00 bits per heavy atom. The smallest absolute Gasteiger partial charge is 0.0271 e. The van der Waals surface area contributed by atoms with Gasteiger partial charge in [0.25, 0.3) is 0 Å². The van der Waals surface area contributed by atoms with Gasteiger partial charge in [0.1, 0.15) is 0 Å². The number of rotatable bonds is 10. The van der Waals surface area contributed by atoms with Crippen LogP contribution in [0, 0.1) is 0 Å². The van der Waals surface area contributed by atoms with Crippen molar-refractivity contribution in [1.82, 2.24) is 15.2 Å². The Bertz CT molecular complexity index is 313. The van der Waals surface area contributed by atoms with Crippen LogP contribution in [0.2, 0.25) is 0 Å². The van der Waals surface area contributed by atoms with Crippen LogP contribution in [0.25, 0.3) is 0 Å². The van der Waals surface area contributed by atoms with Gasteiger partial charge in [-0.25, -0.2) is 0 Å². The molecule has 0 saturated carbocycles. The third-order valence-electron chi connectivity index (χ3n) is 3.37. The van der Waals surface area contributed by atoms with Crippen LogP contribution in [0.15, 0.2) is 24.5 Å². The standard InChI is InChI=1S/C16H29N3/c1-4-10-18-15(2)7-5-6-13-19(3)14-16-8-11-17-12-9-16/h8-9,11-12,15,18H,4-7,10,13-14H2,1-3H3. The van der Waals surface area contributed by atoms with Crippen LogP contribution in [0.4, 0.5) is 0 Å². The maximum atomic E-state index is 4.05. The SMILES string of the molecule is CCCNC(C)CCCCN(C)Cc1ccncc1. The molecule has 0 saturated heterocycles. The Kier molecular flexibility index (Phi) is 8.43. The minimum absolute atomic E-state index is 0.658. The van der Waals surface area contributed by atoms with E-state index >= 15 is 0 Å². The number of nitrogens with one attached hydrogen (secondary N) is 1. The second-order valence-corrected chi connectivity index (χ2v) is 5.44. The van der Waals surface area contributed by atoms with Gasteiger partial charge in [0, 0.05) is 25.0 Å². The summed E-state index contributed by atoms with van der Waals surface area (Å²) in [7, 11) is 2.19. The molecule has 0 aliphatic carbocycles. The summed E-state index contributed by atoms with van der Waals surface area (Å²) in [5.41, 5.74) is 1.34. The van der Waals surface area contributed by atoms with Crippen LogP contribution in [0.5, 0.6) is 0 Å². The summed E-state index contributed by atoms with van der Waals surface area (Å²) in [6.45, 7) is 7.84. The van der Waals surface area contributed by atoms with E-state index in [2.05, 4.69) is 48.2 Å². The van der Waals surface area contributed by atoms with Crippen LogP contribution in [-0.2, 0) is 6.54 Å². The van der Waals surface area contributed by atoms with E-state index in [-0.39, 0.29) is 0 Å². The van der Waals surface area contributed by atoms with E-state index in [1.165, 1.54) is 37.8 Å². The fraction of sp³-hybridized carbons (Fsp3) is 0.688. The zero-order valence-corrected chi connectivity index (χ0v) is 12.7. The average Bonchev–Trinajstić information content (AvgIpc) is 2.42. The lowest BCUT2D eigenvalue weighted by molar-refractivity contribution is 0.313. The summed E-state index contributed by atoms with van der Waals surface area (Å²) >= 11 is 0. The molecule has 0 amide bonds. The maximum Gasteiger partial charge on any atom is 0.0271 e. The number of hydrogen-bond acceptors (Lipinski definition) is 3. The molecule has 0 aliphatic heterocycles. The number of nitrogens with zero attached hydrogens (tertiary/aromatic N) is 2. The monoisotopic (exact) mass is 263 g/mol. The highest BCUT2D eigenvalue weighted by atomic mass is 15.1. The highest BCUT2D eigenvalue weighted by molar-refractivity contribution is 5.09. The number of pyridine rings is 1. The fourth-order valence-electron chi connectivity index (χ4n) is 2.20. The quantitative estimate of drug-likeness (QED) is 0.658. The Morgan fingerprint density at radius 1 is 1.26 bits per heavy atom. The Morgan fingerprint density at radius 3 is 2.68 bits per heavy atom. The molecule has 1 atom stereocenters. The summed E-state index contributed by atoms with van der Waals surface area (Å²) in [4.78, 5) is 6.43. The third kappa shape index (κ3) is 7.96. The molecule has 0 aliphatic rings. The van der Waals surface area contributed by atoms with Gasteiger partial charge in [0.2, 0.25) is 0 Å². The van der Waals surface area contributed by atoms with Crippen molar-refractivity contribution in [2.75, 3.05) is 20.1 Å². The lowest BCUT2D eigenvalue weighted by Crippen LogP contribution is -2.27. The van der Waals surface area contributed by atoms with Crippen molar-refractivity contribution in [2.24, 2.45) is 0 Å². The van der Waals surface area contributed by atoms with Crippen LogP contribution in [0.1, 0.15) is 45.1 Å². The minimum Gasteiger partial charge on any atom is -0.314 e. The van der Waals surface area contributed by atoms with E-state index in [4.69, 9.17) is 0 Å². The number of unbranched alkanes of at least 4 members (excludes halogenated alkanes) is 1. The largest absolute Gasteiger partial charge is 0.314 e. The highest BCUT2D eigenvalue weighted by Gasteiger charge is 2.02. The third-order valence-corrected chi connectivity index (χ3v) is 3.37. The first-order chi connectivity index (χ1) is 9.22. The zero-order valence-electron chi connectivity index (χ0n) is 12.7. The molecule has 1 N–H and O–H groups in total. The fourth-order valence-corrected chi connectivity index (χ4v) is 2.20. The lowest BCUT2D eigenvalue weighted by Gasteiger charge is -2.17. The van der Waals surface area contributed by atoms with Crippen LogP contribution >= 0.6 is 0 Å². The van der Waals surface area contributed by atoms with Crippen molar-refractivity contribution in [3.63, 3.8) is 0 Å². The van der Waals surface area contributed by atoms with Crippen molar-refractivity contribution in [2.45, 2.75) is 52.1 Å². The van der Waals surface area contributed by atoms with E-state index in [1.807, 2.05) is 12.4 Å². The first-order valence-corrected chi connectivity index (χ1v) is 7.53. The van der Waals surface area contributed by atoms with Crippen molar-refractivity contribution in [1.29, 1.82) is 0 Å². The van der Waals surface area contributed by atoms with Gasteiger partial charge < -0.3 is 10.2 Å². The summed E-state index contributed by atoms with van der Waals surface area (Å²) in [6.07, 6.45) is 8.81. The predicted molar refractivity (Wildman–Crippen MR) is 82.2 cm³/mol. The molecule has 0 radical (unpaired) electrons. The van der Waals surface area contributed by atoms with Crippen LogP contribution in [-0.4, -0.2) is 36.1 Å². The van der Waals surface area contributed by atoms with Gasteiger partial charge in [-0.05, 0) is 64.0 Å². The molecule has 3 nitrogen and oxygen atoms in total. The van der Waals surface area contributed by atoms with E-state index < -0.39 is 0 Å². The van der Waals surface area contributed by atoms with Gasteiger partial charge in [-0.3, -0.25) is 4.98 Å². The number of hydrogen-bond donors (Lipinski definition) is 1. The molecule has 19 heavy (non-hydrogen) atoms. The van der Waals surface area contributed by atoms with Gasteiger partial charge in [-0.15, -0.1) is 0 Å². The minimum atomic E-state index is 0.658. The molecule has 0 bridgehead atoms. The Labute approximate surface area is 118 Å². The molecule has 0 spiro atoms. The molecule has 1 aromatic rings. The van der Waals surface area contributed by atoms with E-state index in [0.29, 0.717) is 6.04 Å². The summed E-state index contributed by atoms with van der Waals surface area (Å²) < 4.78 is 0. The average molecular weight is 263 g/mol. The predicted octanol–water partition coefficient (Wildman–Crippen LogP) is 3.07. The zero-order chi connectivity index (χ0) is 13.9. The molecule has 1 unspecified atom stereocenters. The van der Waals surface area contributed by atoms with Crippen LogP contribution < -0.4 is 5.32 Å². The molecule has 108 valence electrons. The van der Waals surface area contributed by atoms with Crippen LogP contribution in [0.3, 0.4) is 0 Å². The topological polar surface area (TPSA) is 28.2 Å². The van der Waals surface area contributed by atoms with Crippen molar-refractivity contribution in [3.05, 3.63) is 30.1 Å². The van der Waals surface area contributed by atoms with Gasteiger partial charge in [0.15, 0.2) is 0 Å². The molecular formula is C16H29N3. The van der Waals surface area contributed by atoms with E-state index in [1.54, 1.807) is 0 Å². The Balaban J connectivity index is 2.06. The second kappa shape index (κ2) is 9.93. The molecule has 1 aromatic heterocycles. The molecule has 0 aromatic carbocycles. The summed E-state index contributed by atoms with van der Waals surface area (Å²) in [6, 6.07) is 4.84. The normalized spacial score (nSPS) is 12.8. The molecule has 3 heteroatoms. The van der Waals surface area contributed by atoms with E-state index in [0.717, 1.165) is 13.1 Å². The van der Waals surface area contributed by atoms with E-state index in [9.17, 15) is 0 Å². The molecule has 1 heterocycles. The molecule has 1 rings (SSSR count).